The minimum absolute atomic E-state index is 0.613. The van der Waals surface area contributed by atoms with Crippen LogP contribution in [0.1, 0.15) is 5.69 Å². The highest BCUT2D eigenvalue weighted by atomic mass is 32.1. The van der Waals surface area contributed by atoms with Crippen molar-refractivity contribution in [2.45, 2.75) is 6.18 Å². The van der Waals surface area contributed by atoms with Gasteiger partial charge < -0.3 is 0 Å². The summed E-state index contributed by atoms with van der Waals surface area (Å²) in [5.41, 5.74) is -0.831. The summed E-state index contributed by atoms with van der Waals surface area (Å²) in [6, 6.07) is 2.81. The van der Waals surface area contributed by atoms with E-state index < -0.39 is 11.9 Å². The first-order chi connectivity index (χ1) is 6.07. The number of halogens is 3. The van der Waals surface area contributed by atoms with E-state index in [9.17, 15) is 13.2 Å². The highest BCUT2D eigenvalue weighted by Crippen LogP contribution is 2.30. The van der Waals surface area contributed by atoms with Crippen LogP contribution in [-0.4, -0.2) is 4.98 Å². The molecule has 2 aromatic heterocycles. The molecular weight excluding hydrogens is 199 g/mol. The fraction of sp³-hybridized carbons (Fsp3) is 0.125. The molecule has 0 amide bonds. The van der Waals surface area contributed by atoms with Gasteiger partial charge in [0, 0.05) is 16.3 Å². The van der Waals surface area contributed by atoms with Gasteiger partial charge in [-0.05, 0) is 17.5 Å². The van der Waals surface area contributed by atoms with Crippen LogP contribution in [0.5, 0.6) is 0 Å². The lowest BCUT2D eigenvalue weighted by atomic mass is 10.3. The Kier molecular flexibility index (Phi) is 1.76. The van der Waals surface area contributed by atoms with Crippen LogP contribution in [0.2, 0.25) is 0 Å². The molecule has 68 valence electrons. The van der Waals surface area contributed by atoms with Gasteiger partial charge in [-0.15, -0.1) is 11.3 Å². The van der Waals surface area contributed by atoms with Gasteiger partial charge in [0.25, 0.3) is 0 Å². The molecular formula is C8H4F3NS. The van der Waals surface area contributed by atoms with Gasteiger partial charge >= 0.3 is 6.18 Å². The molecule has 0 N–H and O–H groups in total. The summed E-state index contributed by atoms with van der Waals surface area (Å²) >= 11 is 1.28. The Morgan fingerprint density at radius 3 is 2.77 bits per heavy atom. The van der Waals surface area contributed by atoms with E-state index in [0.29, 0.717) is 4.70 Å². The van der Waals surface area contributed by atoms with E-state index in [2.05, 4.69) is 4.98 Å². The molecule has 0 saturated carbocycles. The first-order valence-electron chi connectivity index (χ1n) is 3.48. The van der Waals surface area contributed by atoms with E-state index in [0.717, 1.165) is 11.5 Å². The average Bonchev–Trinajstić information content (AvgIpc) is 2.47. The number of hydrogen-bond donors (Lipinski definition) is 0. The molecule has 0 fully saturated rings. The van der Waals surface area contributed by atoms with Crippen molar-refractivity contribution in [2.24, 2.45) is 0 Å². The molecule has 5 heteroatoms. The molecule has 0 bridgehead atoms. The Morgan fingerprint density at radius 1 is 1.31 bits per heavy atom. The molecule has 0 aliphatic heterocycles. The maximum atomic E-state index is 12.2. The first kappa shape index (κ1) is 8.50. The van der Waals surface area contributed by atoms with Crippen molar-refractivity contribution in [3.63, 3.8) is 0 Å². The van der Waals surface area contributed by atoms with Crippen molar-refractivity contribution in [2.75, 3.05) is 0 Å². The summed E-state index contributed by atoms with van der Waals surface area (Å²) in [7, 11) is 0. The van der Waals surface area contributed by atoms with Crippen LogP contribution < -0.4 is 0 Å². The van der Waals surface area contributed by atoms with Gasteiger partial charge in [-0.25, -0.2) is 0 Å². The van der Waals surface area contributed by atoms with E-state index in [1.54, 1.807) is 11.4 Å². The maximum absolute atomic E-state index is 12.2. The summed E-state index contributed by atoms with van der Waals surface area (Å²) in [4.78, 5) is 3.33. The quantitative estimate of drug-likeness (QED) is 0.640. The highest BCUT2D eigenvalue weighted by Gasteiger charge is 2.32. The van der Waals surface area contributed by atoms with Crippen LogP contribution in [0.25, 0.3) is 10.1 Å². The number of hydrogen-bond acceptors (Lipinski definition) is 2. The molecule has 0 aromatic carbocycles. The van der Waals surface area contributed by atoms with Crippen molar-refractivity contribution in [1.82, 2.24) is 4.98 Å². The zero-order valence-corrected chi connectivity index (χ0v) is 7.12. The molecule has 0 unspecified atom stereocenters. The summed E-state index contributed by atoms with van der Waals surface area (Å²) in [5, 5.41) is 2.49. The molecule has 13 heavy (non-hydrogen) atoms. The fourth-order valence-corrected chi connectivity index (χ4v) is 1.81. The molecule has 1 nitrogen and oxygen atoms in total. The van der Waals surface area contributed by atoms with Gasteiger partial charge in [-0.2, -0.15) is 13.2 Å². The Labute approximate surface area is 75.8 Å². The molecule has 2 rings (SSSR count). The third-order valence-corrected chi connectivity index (χ3v) is 2.51. The number of fused-ring (bicyclic) bond motifs is 1. The lowest BCUT2D eigenvalue weighted by Crippen LogP contribution is -2.06. The van der Waals surface area contributed by atoms with E-state index in [4.69, 9.17) is 0 Å². The topological polar surface area (TPSA) is 12.9 Å². The first-order valence-corrected chi connectivity index (χ1v) is 4.36. The minimum atomic E-state index is -4.35. The van der Waals surface area contributed by atoms with Crippen molar-refractivity contribution in [3.8, 4) is 0 Å². The standard InChI is InChI=1S/C8H4F3NS/c9-8(10,11)7-3-6-5(4-12-7)1-2-13-6/h1-4H. The number of aromatic nitrogens is 1. The summed E-state index contributed by atoms with van der Waals surface area (Å²) in [6.45, 7) is 0. The second kappa shape index (κ2) is 2.70. The number of thiophene rings is 1. The van der Waals surface area contributed by atoms with E-state index in [-0.39, 0.29) is 0 Å². The van der Waals surface area contributed by atoms with Gasteiger partial charge in [-0.1, -0.05) is 0 Å². The normalized spacial score (nSPS) is 12.2. The largest absolute Gasteiger partial charge is 0.433 e. The molecule has 0 atom stereocenters. The van der Waals surface area contributed by atoms with Gasteiger partial charge in [0.05, 0.1) is 0 Å². The predicted octanol–water partition coefficient (Wildman–Crippen LogP) is 3.32. The lowest BCUT2D eigenvalue weighted by molar-refractivity contribution is -0.141. The summed E-state index contributed by atoms with van der Waals surface area (Å²) in [5.74, 6) is 0. The van der Waals surface area contributed by atoms with Gasteiger partial charge in [0.1, 0.15) is 5.69 Å². The van der Waals surface area contributed by atoms with Crippen LogP contribution in [0.4, 0.5) is 13.2 Å². The van der Waals surface area contributed by atoms with Gasteiger partial charge in [0.2, 0.25) is 0 Å². The number of pyridine rings is 1. The SMILES string of the molecule is FC(F)(F)c1cc2sccc2cn1. The van der Waals surface area contributed by atoms with Crippen LogP contribution in [-0.2, 0) is 6.18 Å². The van der Waals surface area contributed by atoms with Crippen molar-refractivity contribution in [1.29, 1.82) is 0 Å². The molecule has 2 heterocycles. The molecule has 0 spiro atoms. The van der Waals surface area contributed by atoms with Crippen molar-refractivity contribution >= 4 is 21.4 Å². The Balaban J connectivity index is 2.61. The average molecular weight is 203 g/mol. The zero-order chi connectivity index (χ0) is 9.47. The highest BCUT2D eigenvalue weighted by molar-refractivity contribution is 7.17. The number of rotatable bonds is 0. The van der Waals surface area contributed by atoms with Crippen LogP contribution in [0.15, 0.2) is 23.7 Å². The van der Waals surface area contributed by atoms with Gasteiger partial charge in [0.15, 0.2) is 0 Å². The number of nitrogens with zero attached hydrogens (tertiary/aromatic N) is 1. The van der Waals surface area contributed by atoms with Gasteiger partial charge in [-0.3, -0.25) is 4.98 Å². The monoisotopic (exact) mass is 203 g/mol. The maximum Gasteiger partial charge on any atom is 0.433 e. The molecule has 0 aliphatic rings. The number of alkyl halides is 3. The Bertz CT molecular complexity index is 432. The Morgan fingerprint density at radius 2 is 2.08 bits per heavy atom. The fourth-order valence-electron chi connectivity index (χ4n) is 1.01. The second-order valence-corrected chi connectivity index (χ2v) is 3.47. The molecule has 0 saturated heterocycles. The van der Waals surface area contributed by atoms with Crippen LogP contribution in [0, 0.1) is 0 Å². The molecule has 0 aliphatic carbocycles. The summed E-state index contributed by atoms with van der Waals surface area (Å²) < 4.78 is 37.1. The van der Waals surface area contributed by atoms with E-state index in [1.807, 2.05) is 0 Å². The zero-order valence-electron chi connectivity index (χ0n) is 6.30. The lowest BCUT2D eigenvalue weighted by Gasteiger charge is -2.04. The smallest absolute Gasteiger partial charge is 0.251 e. The minimum Gasteiger partial charge on any atom is -0.251 e. The third-order valence-electron chi connectivity index (χ3n) is 1.63. The second-order valence-electron chi connectivity index (χ2n) is 2.53. The van der Waals surface area contributed by atoms with Crippen LogP contribution >= 0.6 is 11.3 Å². The molecule has 0 radical (unpaired) electrons. The van der Waals surface area contributed by atoms with E-state index >= 15 is 0 Å². The third kappa shape index (κ3) is 1.51. The Hall–Kier alpha value is -1.10. The van der Waals surface area contributed by atoms with E-state index in [1.165, 1.54) is 17.5 Å². The van der Waals surface area contributed by atoms with Crippen molar-refractivity contribution in [3.05, 3.63) is 29.4 Å². The molecule has 2 aromatic rings. The van der Waals surface area contributed by atoms with Crippen LogP contribution in [0.3, 0.4) is 0 Å². The predicted molar refractivity (Wildman–Crippen MR) is 44.6 cm³/mol. The van der Waals surface area contributed by atoms with Crippen molar-refractivity contribution < 1.29 is 13.2 Å². The summed E-state index contributed by atoms with van der Waals surface area (Å²) in [6.07, 6.45) is -3.10.